The van der Waals surface area contributed by atoms with Crippen LogP contribution in [-0.2, 0) is 16.1 Å². The van der Waals surface area contributed by atoms with Crippen molar-refractivity contribution < 1.29 is 18.7 Å². The third-order valence-corrected chi connectivity index (χ3v) is 3.28. The number of halogens is 1. The number of hydrogen-bond donors (Lipinski definition) is 0. The van der Waals surface area contributed by atoms with Crippen molar-refractivity contribution in [2.75, 3.05) is 13.2 Å². The molecule has 1 aromatic rings. The second kappa shape index (κ2) is 4.57. The topological polar surface area (TPSA) is 38.8 Å². The summed E-state index contributed by atoms with van der Waals surface area (Å²) in [5.41, 5.74) is 0.920. The minimum absolute atomic E-state index is 0.214. The molecule has 96 valence electrons. The molecule has 1 aliphatic heterocycles. The fraction of sp³-hybridized carbons (Fsp3) is 0.462. The van der Waals surface area contributed by atoms with Crippen molar-refractivity contribution in [2.24, 2.45) is 0 Å². The van der Waals surface area contributed by atoms with Crippen LogP contribution < -0.4 is 0 Å². The summed E-state index contributed by atoms with van der Waals surface area (Å²) in [6.07, 6.45) is -1.96. The molecule has 1 aromatic carbocycles. The number of morpholine rings is 1. The van der Waals surface area contributed by atoms with Crippen molar-refractivity contribution in [2.45, 2.75) is 24.9 Å². The van der Waals surface area contributed by atoms with Gasteiger partial charge in [-0.2, -0.15) is 0 Å². The highest BCUT2D eigenvalue weighted by atomic mass is 19.1. The Morgan fingerprint density at radius 3 is 3.00 bits per heavy atom. The number of hydrogen-bond acceptors (Lipinski definition) is 3. The van der Waals surface area contributed by atoms with Crippen molar-refractivity contribution in [1.82, 2.24) is 4.90 Å². The quantitative estimate of drug-likeness (QED) is 0.803. The van der Waals surface area contributed by atoms with Gasteiger partial charge in [-0.1, -0.05) is 30.3 Å². The van der Waals surface area contributed by atoms with Gasteiger partial charge in [0.25, 0.3) is 0 Å². The van der Waals surface area contributed by atoms with Gasteiger partial charge in [0, 0.05) is 6.54 Å². The van der Waals surface area contributed by atoms with Crippen LogP contribution >= 0.6 is 0 Å². The molecule has 1 heterocycles. The summed E-state index contributed by atoms with van der Waals surface area (Å²) >= 11 is 0. The van der Waals surface area contributed by atoms with Crippen molar-refractivity contribution in [3.63, 3.8) is 0 Å². The fourth-order valence-corrected chi connectivity index (χ4v) is 2.23. The van der Waals surface area contributed by atoms with Crippen LogP contribution in [0.4, 0.5) is 9.18 Å². The molecule has 5 heteroatoms. The molecular formula is C13H14FNO3. The maximum Gasteiger partial charge on any atom is 0.410 e. The number of nitrogens with zero attached hydrogens (tertiary/aromatic N) is 1. The average molecular weight is 251 g/mol. The number of ether oxygens (including phenoxy) is 2. The standard InChI is InChI=1S/C13H14FNO3/c14-10-11-12(10)17-7-6-15(11)13(16)18-8-9-4-2-1-3-5-9/h1-5,10-12H,6-8H2/t10?,11-,12?/m1/s1. The van der Waals surface area contributed by atoms with E-state index in [4.69, 9.17) is 9.47 Å². The number of fused-ring (bicyclic) bond motifs is 1. The lowest BCUT2D eigenvalue weighted by Crippen LogP contribution is -2.41. The molecule has 3 rings (SSSR count). The van der Waals surface area contributed by atoms with E-state index >= 15 is 0 Å². The predicted molar refractivity (Wildman–Crippen MR) is 61.8 cm³/mol. The molecule has 4 nitrogen and oxygen atoms in total. The van der Waals surface area contributed by atoms with Gasteiger partial charge in [0.15, 0.2) is 6.17 Å². The van der Waals surface area contributed by atoms with Crippen LogP contribution in [0.1, 0.15) is 5.56 Å². The third-order valence-electron chi connectivity index (χ3n) is 3.28. The SMILES string of the molecule is O=C(OCc1ccccc1)N1CCOC2C(F)[C@H]21. The zero-order valence-corrected chi connectivity index (χ0v) is 9.79. The van der Waals surface area contributed by atoms with E-state index in [9.17, 15) is 9.18 Å². The third kappa shape index (κ3) is 2.06. The number of rotatable bonds is 2. The molecule has 1 saturated heterocycles. The monoisotopic (exact) mass is 251 g/mol. The molecule has 0 spiro atoms. The molecule has 0 bridgehead atoms. The van der Waals surface area contributed by atoms with Gasteiger partial charge >= 0.3 is 6.09 Å². The first-order chi connectivity index (χ1) is 8.77. The molecule has 18 heavy (non-hydrogen) atoms. The molecular weight excluding hydrogens is 237 g/mol. The van der Waals surface area contributed by atoms with Crippen LogP contribution in [0, 0.1) is 0 Å². The van der Waals surface area contributed by atoms with E-state index in [1.54, 1.807) is 0 Å². The largest absolute Gasteiger partial charge is 0.445 e. The van der Waals surface area contributed by atoms with Crippen LogP contribution in [0.3, 0.4) is 0 Å². The summed E-state index contributed by atoms with van der Waals surface area (Å²) in [5, 5.41) is 0. The Morgan fingerprint density at radius 2 is 2.22 bits per heavy atom. The fourth-order valence-electron chi connectivity index (χ4n) is 2.23. The first-order valence-corrected chi connectivity index (χ1v) is 6.00. The Labute approximate surface area is 104 Å². The summed E-state index contributed by atoms with van der Waals surface area (Å²) in [4.78, 5) is 13.3. The number of benzene rings is 1. The Bertz CT molecular complexity index is 439. The Kier molecular flexibility index (Phi) is 2.91. The van der Waals surface area contributed by atoms with E-state index in [2.05, 4.69) is 0 Å². The summed E-state index contributed by atoms with van der Waals surface area (Å²) in [7, 11) is 0. The van der Waals surface area contributed by atoms with Gasteiger partial charge in [0.05, 0.1) is 12.6 Å². The predicted octanol–water partition coefficient (Wildman–Crippen LogP) is 1.74. The van der Waals surface area contributed by atoms with Gasteiger partial charge in [-0.3, -0.25) is 4.90 Å². The molecule has 2 aliphatic rings. The lowest BCUT2D eigenvalue weighted by atomic mass is 10.2. The van der Waals surface area contributed by atoms with Crippen molar-refractivity contribution in [1.29, 1.82) is 0 Å². The van der Waals surface area contributed by atoms with Gasteiger partial charge in [0.1, 0.15) is 12.7 Å². The normalized spacial score (nSPS) is 29.6. The van der Waals surface area contributed by atoms with Crippen molar-refractivity contribution in [3.05, 3.63) is 35.9 Å². The first-order valence-electron chi connectivity index (χ1n) is 6.00. The smallest absolute Gasteiger partial charge is 0.410 e. The maximum absolute atomic E-state index is 13.3. The molecule has 1 amide bonds. The van der Waals surface area contributed by atoms with Gasteiger partial charge in [0.2, 0.25) is 0 Å². The number of carbonyl (C=O) groups excluding carboxylic acids is 1. The Balaban J connectivity index is 1.56. The second-order valence-corrected chi connectivity index (χ2v) is 4.50. The molecule has 0 radical (unpaired) electrons. The van der Waals surface area contributed by atoms with Crippen LogP contribution in [0.5, 0.6) is 0 Å². The Hall–Kier alpha value is -1.62. The zero-order valence-electron chi connectivity index (χ0n) is 9.79. The average Bonchev–Trinajstić information content (AvgIpc) is 3.09. The number of amides is 1. The second-order valence-electron chi connectivity index (χ2n) is 4.50. The highest BCUT2D eigenvalue weighted by Gasteiger charge is 2.60. The van der Waals surface area contributed by atoms with Crippen LogP contribution in [0.2, 0.25) is 0 Å². The number of alkyl halides is 1. The van der Waals surface area contributed by atoms with Gasteiger partial charge < -0.3 is 9.47 Å². The van der Waals surface area contributed by atoms with Gasteiger partial charge in [-0.05, 0) is 5.56 Å². The summed E-state index contributed by atoms with van der Waals surface area (Å²) in [6, 6.07) is 8.98. The minimum atomic E-state index is -1.06. The summed E-state index contributed by atoms with van der Waals surface area (Å²) in [6.45, 7) is 0.989. The van der Waals surface area contributed by atoms with Crippen LogP contribution in [0.25, 0.3) is 0 Å². The number of carbonyl (C=O) groups is 1. The van der Waals surface area contributed by atoms with Crippen LogP contribution in [-0.4, -0.2) is 42.5 Å². The van der Waals surface area contributed by atoms with Crippen molar-refractivity contribution in [3.8, 4) is 0 Å². The van der Waals surface area contributed by atoms with Gasteiger partial charge in [-0.15, -0.1) is 0 Å². The lowest BCUT2D eigenvalue weighted by molar-refractivity contribution is 0.0198. The van der Waals surface area contributed by atoms with Gasteiger partial charge in [-0.25, -0.2) is 9.18 Å². The molecule has 1 aliphatic carbocycles. The molecule has 0 aromatic heterocycles. The van der Waals surface area contributed by atoms with E-state index in [1.807, 2.05) is 30.3 Å². The van der Waals surface area contributed by atoms with Crippen LogP contribution in [0.15, 0.2) is 30.3 Å². The minimum Gasteiger partial charge on any atom is -0.445 e. The van der Waals surface area contributed by atoms with E-state index < -0.39 is 24.4 Å². The molecule has 1 saturated carbocycles. The highest BCUT2D eigenvalue weighted by Crippen LogP contribution is 2.38. The zero-order chi connectivity index (χ0) is 12.5. The van der Waals surface area contributed by atoms with E-state index in [1.165, 1.54) is 4.90 Å². The van der Waals surface area contributed by atoms with E-state index in [-0.39, 0.29) is 6.61 Å². The molecule has 2 unspecified atom stereocenters. The van der Waals surface area contributed by atoms with Crippen molar-refractivity contribution >= 4 is 6.09 Å². The summed E-state index contributed by atoms with van der Waals surface area (Å²) < 4.78 is 23.6. The molecule has 2 fully saturated rings. The Morgan fingerprint density at radius 1 is 1.44 bits per heavy atom. The highest BCUT2D eigenvalue weighted by molar-refractivity contribution is 5.69. The first kappa shape index (κ1) is 11.5. The van der Waals surface area contributed by atoms with E-state index in [0.29, 0.717) is 13.2 Å². The van der Waals surface area contributed by atoms with E-state index in [0.717, 1.165) is 5.56 Å². The lowest BCUT2D eigenvalue weighted by Gasteiger charge is -2.25. The molecule has 0 N–H and O–H groups in total. The summed E-state index contributed by atoms with van der Waals surface area (Å²) in [5.74, 6) is 0. The molecule has 3 atom stereocenters. The maximum atomic E-state index is 13.3.